The van der Waals surface area contributed by atoms with Crippen molar-refractivity contribution in [2.45, 2.75) is 13.5 Å². The Bertz CT molecular complexity index is 494. The van der Waals surface area contributed by atoms with E-state index in [0.29, 0.717) is 18.7 Å². The van der Waals surface area contributed by atoms with Gasteiger partial charge in [-0.3, -0.25) is 4.79 Å². The van der Waals surface area contributed by atoms with Crippen LogP contribution in [0.5, 0.6) is 5.75 Å². The number of hydrogen-bond acceptors (Lipinski definition) is 4. The third-order valence-electron chi connectivity index (χ3n) is 2.32. The van der Waals surface area contributed by atoms with Gasteiger partial charge in [0.1, 0.15) is 12.4 Å². The number of rotatable bonds is 5. The highest BCUT2D eigenvalue weighted by Crippen LogP contribution is 2.14. The number of ether oxygens (including phenoxy) is 1. The lowest BCUT2D eigenvalue weighted by Crippen LogP contribution is -2.22. The maximum absolute atomic E-state index is 11.5. The Morgan fingerprint density at radius 1 is 1.39 bits per heavy atom. The van der Waals surface area contributed by atoms with E-state index in [0.717, 1.165) is 11.4 Å². The molecule has 0 atom stereocenters. The molecular formula is C13H14N2O2S. The molecule has 0 aliphatic carbocycles. The molecule has 0 saturated carbocycles. The van der Waals surface area contributed by atoms with Crippen LogP contribution in [0.2, 0.25) is 0 Å². The Hall–Kier alpha value is -1.88. The molecule has 1 amide bonds. The smallest absolute Gasteiger partial charge is 0.251 e. The fourth-order valence-corrected chi connectivity index (χ4v) is 1.97. The molecule has 1 N–H and O–H groups in total. The van der Waals surface area contributed by atoms with Crippen LogP contribution >= 0.6 is 11.3 Å². The van der Waals surface area contributed by atoms with Crippen LogP contribution in [-0.4, -0.2) is 17.4 Å². The van der Waals surface area contributed by atoms with Crippen molar-refractivity contribution in [1.29, 1.82) is 0 Å². The van der Waals surface area contributed by atoms with Crippen LogP contribution in [0.15, 0.2) is 35.2 Å². The average Bonchev–Trinajstić information content (AvgIpc) is 2.90. The molecule has 18 heavy (non-hydrogen) atoms. The van der Waals surface area contributed by atoms with Gasteiger partial charge in [0.05, 0.1) is 11.2 Å². The third-order valence-corrected chi connectivity index (χ3v) is 2.96. The molecule has 2 aromatic rings. The normalized spacial score (nSPS) is 10.1. The second-order valence-electron chi connectivity index (χ2n) is 3.65. The van der Waals surface area contributed by atoms with Crippen molar-refractivity contribution in [3.05, 3.63) is 46.4 Å². The largest absolute Gasteiger partial charge is 0.487 e. The monoisotopic (exact) mass is 262 g/mol. The molecule has 5 heteroatoms. The Kier molecular flexibility index (Phi) is 4.30. The predicted octanol–water partition coefficient (Wildman–Crippen LogP) is 2.47. The van der Waals surface area contributed by atoms with E-state index >= 15 is 0 Å². The average molecular weight is 262 g/mol. The van der Waals surface area contributed by atoms with Crippen molar-refractivity contribution in [3.8, 4) is 5.75 Å². The van der Waals surface area contributed by atoms with Gasteiger partial charge in [-0.2, -0.15) is 0 Å². The first kappa shape index (κ1) is 12.6. The Morgan fingerprint density at radius 2 is 2.17 bits per heavy atom. The fourth-order valence-electron chi connectivity index (χ4n) is 1.43. The zero-order valence-electron chi connectivity index (χ0n) is 10.1. The summed E-state index contributed by atoms with van der Waals surface area (Å²) in [6, 6.07) is 7.08. The highest BCUT2D eigenvalue weighted by atomic mass is 32.1. The van der Waals surface area contributed by atoms with E-state index < -0.39 is 0 Å². The number of benzene rings is 1. The van der Waals surface area contributed by atoms with E-state index in [4.69, 9.17) is 4.74 Å². The predicted molar refractivity (Wildman–Crippen MR) is 70.9 cm³/mol. The van der Waals surface area contributed by atoms with Crippen LogP contribution in [0.1, 0.15) is 23.0 Å². The molecule has 1 heterocycles. The first-order valence-corrected chi connectivity index (χ1v) is 6.62. The van der Waals surface area contributed by atoms with E-state index in [2.05, 4.69) is 10.3 Å². The molecule has 0 aliphatic rings. The van der Waals surface area contributed by atoms with Crippen molar-refractivity contribution >= 4 is 17.2 Å². The minimum absolute atomic E-state index is 0.0662. The number of carbonyl (C=O) groups excluding carboxylic acids is 1. The number of nitrogens with one attached hydrogen (secondary N) is 1. The lowest BCUT2D eigenvalue weighted by molar-refractivity contribution is 0.0956. The van der Waals surface area contributed by atoms with E-state index in [1.807, 2.05) is 12.3 Å². The minimum Gasteiger partial charge on any atom is -0.487 e. The van der Waals surface area contributed by atoms with Crippen LogP contribution < -0.4 is 10.1 Å². The molecule has 0 fully saturated rings. The molecule has 1 aromatic heterocycles. The highest BCUT2D eigenvalue weighted by molar-refractivity contribution is 7.07. The second-order valence-corrected chi connectivity index (χ2v) is 4.37. The molecule has 0 aliphatic heterocycles. The van der Waals surface area contributed by atoms with Gasteiger partial charge in [0.15, 0.2) is 0 Å². The van der Waals surface area contributed by atoms with Crippen molar-refractivity contribution in [2.75, 3.05) is 6.54 Å². The summed E-state index contributed by atoms with van der Waals surface area (Å²) in [5.41, 5.74) is 3.32. The lowest BCUT2D eigenvalue weighted by atomic mass is 10.2. The molecule has 2 rings (SSSR count). The second kappa shape index (κ2) is 6.16. The van der Waals surface area contributed by atoms with Crippen LogP contribution in [-0.2, 0) is 6.61 Å². The standard InChI is InChI=1S/C13H14N2O2S/c1-2-14-13(16)10-3-5-12(6-4-10)17-7-11-8-18-9-15-11/h3-6,8-9H,2,7H2,1H3,(H,14,16). The van der Waals surface area contributed by atoms with Gasteiger partial charge < -0.3 is 10.1 Å². The first-order valence-electron chi connectivity index (χ1n) is 5.67. The summed E-state index contributed by atoms with van der Waals surface area (Å²) in [5, 5.41) is 4.69. The van der Waals surface area contributed by atoms with Gasteiger partial charge in [-0.05, 0) is 31.2 Å². The maximum atomic E-state index is 11.5. The van der Waals surface area contributed by atoms with Crippen LogP contribution in [0.3, 0.4) is 0 Å². The molecule has 1 aromatic carbocycles. The topological polar surface area (TPSA) is 51.2 Å². The van der Waals surface area contributed by atoms with Crippen molar-refractivity contribution < 1.29 is 9.53 Å². The number of aromatic nitrogens is 1. The van der Waals surface area contributed by atoms with E-state index in [1.54, 1.807) is 41.1 Å². The zero-order chi connectivity index (χ0) is 12.8. The van der Waals surface area contributed by atoms with Crippen LogP contribution in [0.25, 0.3) is 0 Å². The number of amides is 1. The summed E-state index contributed by atoms with van der Waals surface area (Å²) in [6.07, 6.45) is 0. The van der Waals surface area contributed by atoms with Gasteiger partial charge in [-0.25, -0.2) is 4.98 Å². The third kappa shape index (κ3) is 3.30. The van der Waals surface area contributed by atoms with E-state index in [-0.39, 0.29) is 5.91 Å². The number of nitrogens with zero attached hydrogens (tertiary/aromatic N) is 1. The molecule has 4 nitrogen and oxygen atoms in total. The van der Waals surface area contributed by atoms with Crippen molar-refractivity contribution in [3.63, 3.8) is 0 Å². The number of hydrogen-bond donors (Lipinski definition) is 1. The summed E-state index contributed by atoms with van der Waals surface area (Å²) in [5.74, 6) is 0.666. The molecule has 0 spiro atoms. The van der Waals surface area contributed by atoms with E-state index in [9.17, 15) is 4.79 Å². The van der Waals surface area contributed by atoms with Crippen LogP contribution in [0, 0.1) is 0 Å². The highest BCUT2D eigenvalue weighted by Gasteiger charge is 2.04. The van der Waals surface area contributed by atoms with Crippen LogP contribution in [0.4, 0.5) is 0 Å². The quantitative estimate of drug-likeness (QED) is 0.900. The summed E-state index contributed by atoms with van der Waals surface area (Å²) in [7, 11) is 0. The SMILES string of the molecule is CCNC(=O)c1ccc(OCc2cscn2)cc1. The van der Waals surface area contributed by atoms with Gasteiger partial charge in [0.25, 0.3) is 5.91 Å². The van der Waals surface area contributed by atoms with Gasteiger partial charge >= 0.3 is 0 Å². The van der Waals surface area contributed by atoms with Gasteiger partial charge in [-0.1, -0.05) is 0 Å². The molecule has 94 valence electrons. The number of thiazole rings is 1. The fraction of sp³-hybridized carbons (Fsp3) is 0.231. The van der Waals surface area contributed by atoms with Gasteiger partial charge in [0.2, 0.25) is 0 Å². The Labute approximate surface area is 110 Å². The van der Waals surface area contributed by atoms with Crippen molar-refractivity contribution in [1.82, 2.24) is 10.3 Å². The van der Waals surface area contributed by atoms with Gasteiger partial charge in [0, 0.05) is 17.5 Å². The summed E-state index contributed by atoms with van der Waals surface area (Å²) >= 11 is 1.54. The van der Waals surface area contributed by atoms with Crippen molar-refractivity contribution in [2.24, 2.45) is 0 Å². The lowest BCUT2D eigenvalue weighted by Gasteiger charge is -2.06. The Morgan fingerprint density at radius 3 is 2.78 bits per heavy atom. The summed E-state index contributed by atoms with van der Waals surface area (Å²) < 4.78 is 5.56. The first-order chi connectivity index (χ1) is 8.79. The zero-order valence-corrected chi connectivity index (χ0v) is 10.9. The number of carbonyl (C=O) groups is 1. The Balaban J connectivity index is 1.93. The summed E-state index contributed by atoms with van der Waals surface area (Å²) in [6.45, 7) is 2.97. The molecule has 0 radical (unpaired) electrons. The minimum atomic E-state index is -0.0662. The molecule has 0 bridgehead atoms. The summed E-state index contributed by atoms with van der Waals surface area (Å²) in [4.78, 5) is 15.7. The van der Waals surface area contributed by atoms with Gasteiger partial charge in [-0.15, -0.1) is 11.3 Å². The molecule has 0 saturated heterocycles. The maximum Gasteiger partial charge on any atom is 0.251 e. The molecular weight excluding hydrogens is 248 g/mol. The molecule has 0 unspecified atom stereocenters. The van der Waals surface area contributed by atoms with E-state index in [1.165, 1.54) is 0 Å².